The van der Waals surface area contributed by atoms with Crippen LogP contribution in [0.3, 0.4) is 0 Å². The van der Waals surface area contributed by atoms with Crippen molar-refractivity contribution in [2.24, 2.45) is 15.5 Å². The minimum atomic E-state index is -3.68. The molecule has 0 spiro atoms. The Hall–Kier alpha value is -0.870. The third kappa shape index (κ3) is 9.72. The highest BCUT2D eigenvalue weighted by molar-refractivity contribution is 14.0. The Labute approximate surface area is 175 Å². The highest BCUT2D eigenvalue weighted by Gasteiger charge is 2.17. The fraction of sp³-hybridized carbons (Fsp3) is 0.611. The van der Waals surface area contributed by atoms with Gasteiger partial charge in [0.2, 0.25) is 10.0 Å². The summed E-state index contributed by atoms with van der Waals surface area (Å²) in [5.41, 5.74) is 1.03. The molecule has 6 nitrogen and oxygen atoms in total. The highest BCUT2D eigenvalue weighted by atomic mass is 127. The van der Waals surface area contributed by atoms with E-state index in [0.29, 0.717) is 12.5 Å². The Bertz CT molecular complexity index is 676. The first kappa shape index (κ1) is 25.1. The molecule has 1 aromatic rings. The van der Waals surface area contributed by atoms with E-state index < -0.39 is 10.0 Å². The second kappa shape index (κ2) is 11.8. The van der Waals surface area contributed by atoms with Crippen LogP contribution in [0.5, 0.6) is 0 Å². The molecule has 0 atom stereocenters. The van der Waals surface area contributed by atoms with Gasteiger partial charge in [-0.05, 0) is 29.5 Å². The molecule has 0 unspecified atom stereocenters. The number of aliphatic imine (C=N–C) groups is 1. The first-order valence-corrected chi connectivity index (χ1v) is 10.3. The maximum Gasteiger partial charge on any atom is 0.238 e. The van der Waals surface area contributed by atoms with E-state index in [2.05, 4.69) is 36.4 Å². The van der Waals surface area contributed by atoms with Crippen molar-refractivity contribution in [1.82, 2.24) is 10.6 Å². The predicted octanol–water partition coefficient (Wildman–Crippen LogP) is 3.22. The van der Waals surface area contributed by atoms with Gasteiger partial charge in [0.05, 0.1) is 4.90 Å². The number of guanidine groups is 1. The van der Waals surface area contributed by atoms with Crippen LogP contribution in [0.15, 0.2) is 34.2 Å². The summed E-state index contributed by atoms with van der Waals surface area (Å²) in [7, 11) is -1.96. The number of hydrogen-bond acceptors (Lipinski definition) is 3. The van der Waals surface area contributed by atoms with Gasteiger partial charge in [-0.25, -0.2) is 13.6 Å². The van der Waals surface area contributed by atoms with Crippen LogP contribution >= 0.6 is 24.0 Å². The summed E-state index contributed by atoms with van der Waals surface area (Å²) >= 11 is 0. The minimum Gasteiger partial charge on any atom is -0.356 e. The molecule has 0 saturated carbocycles. The van der Waals surface area contributed by atoms with Crippen molar-refractivity contribution in [3.05, 3.63) is 29.8 Å². The van der Waals surface area contributed by atoms with Crippen molar-refractivity contribution < 1.29 is 8.42 Å². The zero-order valence-corrected chi connectivity index (χ0v) is 19.4. The summed E-state index contributed by atoms with van der Waals surface area (Å²) in [5.74, 6) is 0.699. The first-order chi connectivity index (χ1) is 11.7. The molecule has 0 radical (unpaired) electrons. The number of halogens is 1. The number of nitrogens with zero attached hydrogens (tertiary/aromatic N) is 1. The minimum absolute atomic E-state index is 0. The number of primary sulfonamides is 1. The third-order valence-electron chi connectivity index (χ3n) is 4.10. The Balaban J connectivity index is 0.00000625. The number of rotatable bonds is 9. The van der Waals surface area contributed by atoms with Crippen LogP contribution in [0.2, 0.25) is 0 Å². The first-order valence-electron chi connectivity index (χ1n) is 8.74. The summed E-state index contributed by atoms with van der Waals surface area (Å²) in [6, 6.07) is 6.60. The molecule has 0 aliphatic rings. The fourth-order valence-corrected chi connectivity index (χ4v) is 3.09. The molecule has 1 rings (SSSR count). The van der Waals surface area contributed by atoms with E-state index in [1.54, 1.807) is 19.2 Å². The van der Waals surface area contributed by atoms with Gasteiger partial charge in [0.1, 0.15) is 0 Å². The number of nitrogens with one attached hydrogen (secondary N) is 2. The molecule has 0 aromatic heterocycles. The molecular weight excluding hydrogens is 463 g/mol. The normalized spacial score (nSPS) is 12.4. The Morgan fingerprint density at radius 3 is 2.50 bits per heavy atom. The second-order valence-corrected chi connectivity index (χ2v) is 8.65. The van der Waals surface area contributed by atoms with Gasteiger partial charge in [0, 0.05) is 20.1 Å². The highest BCUT2D eigenvalue weighted by Crippen LogP contribution is 2.22. The topological polar surface area (TPSA) is 96.6 Å². The van der Waals surface area contributed by atoms with E-state index in [1.807, 2.05) is 6.07 Å². The number of sulfonamides is 1. The van der Waals surface area contributed by atoms with Gasteiger partial charge in [-0.15, -0.1) is 24.0 Å². The molecule has 1 aromatic carbocycles. The molecule has 0 bridgehead atoms. The Morgan fingerprint density at radius 2 is 1.92 bits per heavy atom. The van der Waals surface area contributed by atoms with Crippen LogP contribution in [0.25, 0.3) is 0 Å². The Kier molecular flexibility index (Phi) is 11.4. The van der Waals surface area contributed by atoms with Crippen molar-refractivity contribution in [1.29, 1.82) is 0 Å². The van der Waals surface area contributed by atoms with Gasteiger partial charge in [0.25, 0.3) is 0 Å². The van der Waals surface area contributed by atoms with E-state index in [9.17, 15) is 8.42 Å². The number of unbranched alkanes of at least 4 members (excludes halogenated alkanes) is 2. The van der Waals surface area contributed by atoms with E-state index in [4.69, 9.17) is 5.14 Å². The number of benzene rings is 1. The van der Waals surface area contributed by atoms with E-state index in [-0.39, 0.29) is 34.3 Å². The number of hydrogen-bond donors (Lipinski definition) is 3. The Morgan fingerprint density at radius 1 is 1.23 bits per heavy atom. The van der Waals surface area contributed by atoms with E-state index in [0.717, 1.165) is 12.1 Å². The summed E-state index contributed by atoms with van der Waals surface area (Å²) in [4.78, 5) is 4.34. The lowest BCUT2D eigenvalue weighted by Gasteiger charge is -2.26. The molecule has 0 saturated heterocycles. The van der Waals surface area contributed by atoms with Crippen molar-refractivity contribution in [2.75, 3.05) is 13.6 Å². The van der Waals surface area contributed by atoms with Crippen molar-refractivity contribution in [2.45, 2.75) is 57.9 Å². The lowest BCUT2D eigenvalue weighted by Crippen LogP contribution is -2.41. The molecule has 0 amide bonds. The van der Waals surface area contributed by atoms with Gasteiger partial charge in [-0.3, -0.25) is 4.99 Å². The lowest BCUT2D eigenvalue weighted by atomic mass is 9.87. The van der Waals surface area contributed by atoms with Gasteiger partial charge in [-0.2, -0.15) is 0 Å². The molecule has 0 fully saturated rings. The SMILES string of the molecule is CCCCCC(C)(C)CNC(=NC)NCc1cccc(S(N)(=O)=O)c1.I. The standard InChI is InChI=1S/C18H32N4O2S.HI/c1-5-6-7-11-18(2,3)14-22-17(20-4)21-13-15-9-8-10-16(12-15)25(19,23)24;/h8-10,12H,5-7,11,13-14H2,1-4H3,(H2,19,23,24)(H2,20,21,22);1H. The largest absolute Gasteiger partial charge is 0.356 e. The van der Waals surface area contributed by atoms with Gasteiger partial charge < -0.3 is 10.6 Å². The van der Waals surface area contributed by atoms with Crippen LogP contribution in [-0.2, 0) is 16.6 Å². The van der Waals surface area contributed by atoms with E-state index >= 15 is 0 Å². The second-order valence-electron chi connectivity index (χ2n) is 7.09. The van der Waals surface area contributed by atoms with E-state index in [1.165, 1.54) is 31.7 Å². The molecule has 0 heterocycles. The van der Waals surface area contributed by atoms with Crippen LogP contribution in [-0.4, -0.2) is 28.0 Å². The summed E-state index contributed by atoms with van der Waals surface area (Å²) in [5, 5.41) is 11.7. The molecule has 150 valence electrons. The lowest BCUT2D eigenvalue weighted by molar-refractivity contribution is 0.318. The third-order valence-corrected chi connectivity index (χ3v) is 5.01. The maximum absolute atomic E-state index is 11.4. The maximum atomic E-state index is 11.4. The quantitative estimate of drug-likeness (QED) is 0.212. The van der Waals surface area contributed by atoms with Crippen molar-refractivity contribution >= 4 is 40.0 Å². The average molecular weight is 496 g/mol. The molecule has 0 aliphatic carbocycles. The van der Waals surface area contributed by atoms with Crippen LogP contribution in [0.1, 0.15) is 52.0 Å². The van der Waals surface area contributed by atoms with Crippen molar-refractivity contribution in [3.8, 4) is 0 Å². The van der Waals surface area contributed by atoms with Crippen LogP contribution in [0.4, 0.5) is 0 Å². The fourth-order valence-electron chi connectivity index (χ4n) is 2.50. The summed E-state index contributed by atoms with van der Waals surface area (Å²) < 4.78 is 22.8. The van der Waals surface area contributed by atoms with Crippen LogP contribution in [0, 0.1) is 5.41 Å². The zero-order chi connectivity index (χ0) is 18.9. The molecule has 4 N–H and O–H groups in total. The molecular formula is C18H33IN4O2S. The molecule has 0 aliphatic heterocycles. The molecule has 8 heteroatoms. The summed E-state index contributed by atoms with van der Waals surface area (Å²) in [6.07, 6.45) is 4.89. The van der Waals surface area contributed by atoms with Gasteiger partial charge in [0.15, 0.2) is 5.96 Å². The van der Waals surface area contributed by atoms with Crippen LogP contribution < -0.4 is 15.8 Å². The average Bonchev–Trinajstić information content (AvgIpc) is 2.54. The zero-order valence-electron chi connectivity index (χ0n) is 16.2. The predicted molar refractivity (Wildman–Crippen MR) is 119 cm³/mol. The number of nitrogens with two attached hydrogens (primary N) is 1. The monoisotopic (exact) mass is 496 g/mol. The van der Waals surface area contributed by atoms with Gasteiger partial charge in [-0.1, -0.05) is 52.2 Å². The smallest absolute Gasteiger partial charge is 0.238 e. The van der Waals surface area contributed by atoms with Crippen molar-refractivity contribution in [3.63, 3.8) is 0 Å². The summed E-state index contributed by atoms with van der Waals surface area (Å²) in [6.45, 7) is 8.01. The molecule has 26 heavy (non-hydrogen) atoms. The van der Waals surface area contributed by atoms with Gasteiger partial charge >= 0.3 is 0 Å².